The molecule has 0 unspecified atom stereocenters. The second kappa shape index (κ2) is 8.34. The van der Waals surface area contributed by atoms with E-state index in [0.29, 0.717) is 5.92 Å². The van der Waals surface area contributed by atoms with Gasteiger partial charge >= 0.3 is 0 Å². The zero-order chi connectivity index (χ0) is 13.4. The Bertz CT molecular complexity index is 291. The second-order valence-electron chi connectivity index (χ2n) is 6.21. The van der Waals surface area contributed by atoms with Crippen molar-refractivity contribution in [2.75, 3.05) is 0 Å². The topological polar surface area (TPSA) is 0 Å². The molecular formula is C18H30. The van der Waals surface area contributed by atoms with Gasteiger partial charge in [0.05, 0.1) is 0 Å². The molecule has 0 nitrogen and oxygen atoms in total. The van der Waals surface area contributed by atoms with Crippen LogP contribution in [0.2, 0.25) is 0 Å². The van der Waals surface area contributed by atoms with Crippen molar-refractivity contribution in [1.82, 2.24) is 0 Å². The number of benzene rings is 1. The van der Waals surface area contributed by atoms with E-state index in [1.807, 2.05) is 6.07 Å². The monoisotopic (exact) mass is 246 g/mol. The van der Waals surface area contributed by atoms with Crippen LogP contribution in [0.1, 0.15) is 71.3 Å². The maximum Gasteiger partial charge on any atom is -0.0219 e. The quantitative estimate of drug-likeness (QED) is 0.597. The van der Waals surface area contributed by atoms with Crippen LogP contribution in [0.3, 0.4) is 0 Å². The van der Waals surface area contributed by atoms with Crippen LogP contribution in [-0.4, -0.2) is 0 Å². The Kier molecular flexibility index (Phi) is 7.08. The van der Waals surface area contributed by atoms with Crippen LogP contribution in [0, 0.1) is 11.8 Å². The Labute approximate surface area is 114 Å². The van der Waals surface area contributed by atoms with E-state index < -0.39 is 0 Å². The summed E-state index contributed by atoms with van der Waals surface area (Å²) in [6, 6.07) is 10.5. The van der Waals surface area contributed by atoms with E-state index in [1.165, 1.54) is 37.7 Å². The average molecular weight is 246 g/mol. The first kappa shape index (κ1) is 15.3. The lowest BCUT2D eigenvalue weighted by Crippen LogP contribution is -2.12. The van der Waals surface area contributed by atoms with Crippen LogP contribution in [0.15, 0.2) is 30.3 Å². The molecule has 0 radical (unpaired) electrons. The zero-order valence-corrected chi connectivity index (χ0v) is 12.7. The van der Waals surface area contributed by atoms with Crippen molar-refractivity contribution in [3.05, 3.63) is 35.9 Å². The van der Waals surface area contributed by atoms with Gasteiger partial charge in [-0.25, -0.2) is 0 Å². The highest BCUT2D eigenvalue weighted by Gasteiger charge is 2.15. The molecule has 1 aliphatic carbocycles. The van der Waals surface area contributed by atoms with Crippen LogP contribution in [-0.2, 0) is 0 Å². The van der Waals surface area contributed by atoms with Gasteiger partial charge in [-0.2, -0.15) is 0 Å². The molecule has 0 atom stereocenters. The summed E-state index contributed by atoms with van der Waals surface area (Å²) < 4.78 is 0. The third-order valence-electron chi connectivity index (χ3n) is 4.06. The van der Waals surface area contributed by atoms with E-state index in [4.69, 9.17) is 0 Å². The van der Waals surface area contributed by atoms with Crippen molar-refractivity contribution in [1.29, 1.82) is 0 Å². The van der Waals surface area contributed by atoms with Crippen LogP contribution in [0.4, 0.5) is 0 Å². The molecule has 0 aliphatic heterocycles. The third kappa shape index (κ3) is 5.71. The average Bonchev–Trinajstić information content (AvgIpc) is 2.41. The first-order valence-corrected chi connectivity index (χ1v) is 7.66. The number of hydrogen-bond donors (Lipinski definition) is 0. The lowest BCUT2D eigenvalue weighted by atomic mass is 9.82. The molecule has 102 valence electrons. The van der Waals surface area contributed by atoms with Crippen LogP contribution >= 0.6 is 0 Å². The summed E-state index contributed by atoms with van der Waals surface area (Å²) in [5, 5.41) is 0. The highest BCUT2D eigenvalue weighted by molar-refractivity contribution is 5.17. The molecule has 1 aromatic rings. The molecule has 0 saturated heterocycles. The fourth-order valence-corrected chi connectivity index (χ4v) is 2.64. The predicted octanol–water partition coefficient (Wildman–Crippen LogP) is 6.03. The molecule has 2 rings (SSSR count). The lowest BCUT2D eigenvalue weighted by molar-refractivity contribution is 0.279. The molecule has 0 amide bonds. The zero-order valence-electron chi connectivity index (χ0n) is 12.7. The molecule has 1 fully saturated rings. The van der Waals surface area contributed by atoms with Crippen molar-refractivity contribution in [3.63, 3.8) is 0 Å². The molecule has 0 spiro atoms. The molecule has 0 heterocycles. The number of hydrogen-bond acceptors (Lipinski definition) is 0. The van der Waals surface area contributed by atoms with Crippen LogP contribution in [0.5, 0.6) is 0 Å². The van der Waals surface area contributed by atoms with Gasteiger partial charge in [-0.15, -0.1) is 0 Å². The minimum Gasteiger partial charge on any atom is -0.0625 e. The highest BCUT2D eigenvalue weighted by atomic mass is 14.2. The maximum absolute atomic E-state index is 2.36. The standard InChI is InChI=1S/C9H18.C9H12/c2*1-8(2)9-6-4-3-5-7-9/h8-9H,3-7H2,1-2H3;3-8H,1-2H3. The molecule has 0 heteroatoms. The van der Waals surface area contributed by atoms with E-state index in [9.17, 15) is 0 Å². The highest BCUT2D eigenvalue weighted by Crippen LogP contribution is 2.29. The summed E-state index contributed by atoms with van der Waals surface area (Å²) in [5.74, 6) is 2.65. The first-order valence-electron chi connectivity index (χ1n) is 7.66. The molecule has 1 saturated carbocycles. The number of rotatable bonds is 2. The van der Waals surface area contributed by atoms with E-state index in [2.05, 4.69) is 52.0 Å². The molecule has 1 aliphatic rings. The fraction of sp³-hybridized carbons (Fsp3) is 0.667. The summed E-state index contributed by atoms with van der Waals surface area (Å²) in [6.45, 7) is 9.12. The predicted molar refractivity (Wildman–Crippen MR) is 81.9 cm³/mol. The Morgan fingerprint density at radius 3 is 1.72 bits per heavy atom. The van der Waals surface area contributed by atoms with Crippen molar-refractivity contribution < 1.29 is 0 Å². The van der Waals surface area contributed by atoms with Gasteiger partial charge in [0, 0.05) is 0 Å². The van der Waals surface area contributed by atoms with E-state index in [0.717, 1.165) is 11.8 Å². The van der Waals surface area contributed by atoms with Gasteiger partial charge in [0.2, 0.25) is 0 Å². The van der Waals surface area contributed by atoms with E-state index >= 15 is 0 Å². The molecular weight excluding hydrogens is 216 g/mol. The van der Waals surface area contributed by atoms with Gasteiger partial charge in [-0.1, -0.05) is 90.1 Å². The third-order valence-corrected chi connectivity index (χ3v) is 4.06. The summed E-state index contributed by atoms with van der Waals surface area (Å²) in [7, 11) is 0. The first-order chi connectivity index (χ1) is 8.61. The lowest BCUT2D eigenvalue weighted by Gasteiger charge is -2.24. The minimum atomic E-state index is 0.659. The van der Waals surface area contributed by atoms with Crippen LogP contribution < -0.4 is 0 Å². The molecule has 0 N–H and O–H groups in total. The SMILES string of the molecule is CC(C)C1CCCCC1.CC(C)c1ccccc1. The molecule has 0 aromatic heterocycles. The summed E-state index contributed by atoms with van der Waals surface area (Å²) in [5.41, 5.74) is 1.41. The van der Waals surface area contributed by atoms with E-state index in [-0.39, 0.29) is 0 Å². The summed E-state index contributed by atoms with van der Waals surface area (Å²) >= 11 is 0. The largest absolute Gasteiger partial charge is 0.0625 e. The van der Waals surface area contributed by atoms with Gasteiger partial charge in [-0.05, 0) is 23.3 Å². The molecule has 0 bridgehead atoms. The van der Waals surface area contributed by atoms with Crippen molar-refractivity contribution >= 4 is 0 Å². The maximum atomic E-state index is 2.36. The van der Waals surface area contributed by atoms with Gasteiger partial charge < -0.3 is 0 Å². The summed E-state index contributed by atoms with van der Waals surface area (Å²) in [6.07, 6.45) is 7.46. The van der Waals surface area contributed by atoms with Crippen molar-refractivity contribution in [3.8, 4) is 0 Å². The van der Waals surface area contributed by atoms with Gasteiger partial charge in [0.25, 0.3) is 0 Å². The normalized spacial score (nSPS) is 16.6. The van der Waals surface area contributed by atoms with Gasteiger partial charge in [-0.3, -0.25) is 0 Å². The summed E-state index contributed by atoms with van der Waals surface area (Å²) in [4.78, 5) is 0. The second-order valence-corrected chi connectivity index (χ2v) is 6.21. The van der Waals surface area contributed by atoms with Crippen molar-refractivity contribution in [2.24, 2.45) is 11.8 Å². The fourth-order valence-electron chi connectivity index (χ4n) is 2.64. The van der Waals surface area contributed by atoms with Gasteiger partial charge in [0.1, 0.15) is 0 Å². The van der Waals surface area contributed by atoms with Crippen LogP contribution in [0.25, 0.3) is 0 Å². The Morgan fingerprint density at radius 2 is 1.39 bits per heavy atom. The Morgan fingerprint density at radius 1 is 0.833 bits per heavy atom. The smallest absolute Gasteiger partial charge is 0.0219 e. The van der Waals surface area contributed by atoms with Gasteiger partial charge in [0.15, 0.2) is 0 Å². The Balaban J connectivity index is 0.000000180. The van der Waals surface area contributed by atoms with E-state index in [1.54, 1.807) is 0 Å². The molecule has 1 aromatic carbocycles. The van der Waals surface area contributed by atoms with Crippen molar-refractivity contribution in [2.45, 2.75) is 65.7 Å². The molecule has 18 heavy (non-hydrogen) atoms. The minimum absolute atomic E-state index is 0.659. The Hall–Kier alpha value is -0.780.